The van der Waals surface area contributed by atoms with Crippen molar-refractivity contribution in [1.82, 2.24) is 21.3 Å². The molecule has 4 amide bonds. The van der Waals surface area contributed by atoms with E-state index in [2.05, 4.69) is 55.1 Å². The Morgan fingerprint density at radius 2 is 0.887 bits per heavy atom. The summed E-state index contributed by atoms with van der Waals surface area (Å²) >= 11 is 0. The molecule has 0 saturated heterocycles. The summed E-state index contributed by atoms with van der Waals surface area (Å²) < 4.78 is 23.9. The van der Waals surface area contributed by atoms with E-state index in [1.54, 1.807) is 35.4 Å². The second kappa shape index (κ2) is 27.0. The predicted molar refractivity (Wildman–Crippen MR) is 252 cm³/mol. The second-order valence-corrected chi connectivity index (χ2v) is 32.1. The third-order valence-electron chi connectivity index (χ3n) is 10.9. The number of ether oxygens (including phenoxy) is 2. The van der Waals surface area contributed by atoms with Crippen molar-refractivity contribution in [3.05, 3.63) is 0 Å². The first-order valence-corrected chi connectivity index (χ1v) is 29.8. The van der Waals surface area contributed by atoms with Crippen molar-refractivity contribution in [2.24, 2.45) is 10.8 Å². The number of hydrogen-bond donors (Lipinski definition) is 5. The van der Waals surface area contributed by atoms with Gasteiger partial charge in [0, 0.05) is 67.8 Å². The van der Waals surface area contributed by atoms with E-state index in [4.69, 9.17) is 23.4 Å². The molecule has 0 spiro atoms. The molecule has 0 heterocycles. The van der Waals surface area contributed by atoms with Crippen LogP contribution in [0.3, 0.4) is 0 Å². The van der Waals surface area contributed by atoms with Crippen LogP contribution in [-0.4, -0.2) is 126 Å². The van der Waals surface area contributed by atoms with Crippen molar-refractivity contribution >= 4 is 79.8 Å². The first-order chi connectivity index (χ1) is 28.3. The normalized spacial score (nSPS) is 13.7. The van der Waals surface area contributed by atoms with Crippen molar-refractivity contribution in [2.45, 2.75) is 163 Å². The molecule has 0 aliphatic rings. The number of esters is 2. The number of nitrogens with one attached hydrogen (secondary N) is 4. The molecule has 0 saturated carbocycles. The quantitative estimate of drug-likeness (QED) is 0.0234. The summed E-state index contributed by atoms with van der Waals surface area (Å²) in [5.41, 5.74) is -1.76. The largest absolute Gasteiger partial charge is 0.481 e. The van der Waals surface area contributed by atoms with E-state index in [0.717, 1.165) is 0 Å². The zero-order valence-corrected chi connectivity index (χ0v) is 43.9. The maximum absolute atomic E-state index is 13.5. The van der Waals surface area contributed by atoms with Gasteiger partial charge in [0.05, 0.1) is 26.1 Å². The van der Waals surface area contributed by atoms with Gasteiger partial charge in [0.15, 0.2) is 16.6 Å². The first-order valence-electron chi connectivity index (χ1n) is 21.5. The molecule has 62 heavy (non-hydrogen) atoms. The van der Waals surface area contributed by atoms with Crippen LogP contribution in [0.1, 0.15) is 115 Å². The molecular weight excluding hydrogens is 873 g/mol. The molecule has 0 rings (SSSR count). The Labute approximate surface area is 381 Å². The summed E-state index contributed by atoms with van der Waals surface area (Å²) in [7, 11) is -1.77. The van der Waals surface area contributed by atoms with Gasteiger partial charge in [-0.3, -0.25) is 33.6 Å². The number of carbonyl (C=O) groups is 7. The van der Waals surface area contributed by atoms with E-state index < -0.39 is 57.5 Å². The lowest BCUT2D eigenvalue weighted by atomic mass is 9.87. The lowest BCUT2D eigenvalue weighted by Gasteiger charge is -2.43. The Balaban J connectivity index is 4.79. The number of carbonyl (C=O) groups excluding carboxylic acids is 6. The van der Waals surface area contributed by atoms with Crippen LogP contribution in [0.15, 0.2) is 0 Å². The summed E-state index contributed by atoms with van der Waals surface area (Å²) in [5, 5.41) is 19.9. The van der Waals surface area contributed by atoms with Gasteiger partial charge in [-0.25, -0.2) is 0 Å². The van der Waals surface area contributed by atoms with Crippen LogP contribution in [0.4, 0.5) is 0 Å². The standard InChI is InChI=1S/C42H80N4O12S2Si2/c1-16-17-33(51)55-28-41(8,9)35(57-61(12,13)39(2,3)4)37(53)45-22-20-30(47)43-24-26-59-60-27-25-44-31(48)21-23-46-38(54)36(58-62(14,15)40(5,6)7)42(10,11)29-56-34(52)19-18-32(49)50/h35-36H,16-29H2,1-15H3,(H,43,47)(H,44,48)(H,45,53)(H,46,54)(H,49,50)/t35-,36-/m0/s1. The van der Waals surface area contributed by atoms with Gasteiger partial charge in [-0.05, 0) is 42.7 Å². The monoisotopic (exact) mass is 952 g/mol. The minimum atomic E-state index is -2.47. The Morgan fingerprint density at radius 1 is 0.532 bits per heavy atom. The Kier molecular flexibility index (Phi) is 25.8. The smallest absolute Gasteiger partial charge is 0.306 e. The van der Waals surface area contributed by atoms with E-state index in [1.165, 1.54) is 0 Å². The zero-order chi connectivity index (χ0) is 48.2. The number of amides is 4. The molecule has 0 aromatic heterocycles. The van der Waals surface area contributed by atoms with E-state index in [0.29, 0.717) is 37.4 Å². The fourth-order valence-electron chi connectivity index (χ4n) is 4.86. The van der Waals surface area contributed by atoms with Gasteiger partial charge in [-0.15, -0.1) is 0 Å². The zero-order valence-electron chi connectivity index (χ0n) is 40.3. The van der Waals surface area contributed by atoms with E-state index in [-0.39, 0.29) is 85.8 Å². The molecule has 0 bridgehead atoms. The maximum Gasteiger partial charge on any atom is 0.306 e. The lowest BCUT2D eigenvalue weighted by Crippen LogP contribution is -2.55. The van der Waals surface area contributed by atoms with Gasteiger partial charge in [0.1, 0.15) is 12.2 Å². The van der Waals surface area contributed by atoms with Crippen LogP contribution in [-0.2, 0) is 51.9 Å². The molecule has 0 fully saturated rings. The molecule has 0 aromatic carbocycles. The number of aliphatic carboxylic acids is 1. The highest BCUT2D eigenvalue weighted by atomic mass is 33.1. The summed E-state index contributed by atoms with van der Waals surface area (Å²) in [5.74, 6) is -2.07. The van der Waals surface area contributed by atoms with Crippen LogP contribution in [0.5, 0.6) is 0 Å². The van der Waals surface area contributed by atoms with Crippen LogP contribution in [0.2, 0.25) is 36.3 Å². The molecule has 360 valence electrons. The molecule has 0 radical (unpaired) electrons. The highest BCUT2D eigenvalue weighted by Crippen LogP contribution is 2.41. The number of rotatable bonds is 30. The van der Waals surface area contributed by atoms with E-state index in [1.807, 2.05) is 54.6 Å². The van der Waals surface area contributed by atoms with Crippen LogP contribution < -0.4 is 21.3 Å². The molecule has 0 aliphatic heterocycles. The van der Waals surface area contributed by atoms with Crippen molar-refractivity contribution in [2.75, 3.05) is 50.9 Å². The number of carboxylic acids is 1. The third-order valence-corrected chi connectivity index (χ3v) is 22.2. The molecule has 16 nitrogen and oxygen atoms in total. The summed E-state index contributed by atoms with van der Waals surface area (Å²) in [6.07, 6.45) is -1.41. The van der Waals surface area contributed by atoms with Crippen LogP contribution in [0.25, 0.3) is 0 Å². The minimum Gasteiger partial charge on any atom is -0.481 e. The molecule has 2 atom stereocenters. The average molecular weight is 953 g/mol. The molecule has 0 unspecified atom stereocenters. The van der Waals surface area contributed by atoms with Gasteiger partial charge in [0.2, 0.25) is 23.6 Å². The minimum absolute atomic E-state index is 0.0273. The van der Waals surface area contributed by atoms with Gasteiger partial charge in [-0.2, -0.15) is 0 Å². The fourth-order valence-corrected chi connectivity index (χ4v) is 9.41. The maximum atomic E-state index is 13.5. The predicted octanol–water partition coefficient (Wildman–Crippen LogP) is 6.20. The second-order valence-electron chi connectivity index (χ2n) is 19.9. The van der Waals surface area contributed by atoms with Crippen LogP contribution >= 0.6 is 21.6 Å². The Bertz CT molecular complexity index is 1480. The molecule has 0 aromatic rings. The number of carboxylic acid groups (broad SMARTS) is 1. The lowest BCUT2D eigenvalue weighted by molar-refractivity contribution is -0.154. The average Bonchev–Trinajstić information content (AvgIpc) is 3.13. The third kappa shape index (κ3) is 23.3. The van der Waals surface area contributed by atoms with Crippen LogP contribution in [0, 0.1) is 10.8 Å². The highest BCUT2D eigenvalue weighted by molar-refractivity contribution is 8.76. The summed E-state index contributed by atoms with van der Waals surface area (Å²) in [4.78, 5) is 87.1. The number of hydrogen-bond acceptors (Lipinski definition) is 13. The van der Waals surface area contributed by atoms with E-state index in [9.17, 15) is 33.6 Å². The molecular formula is C42H80N4O12S2Si2. The summed E-state index contributed by atoms with van der Waals surface area (Å²) in [6, 6.07) is 0. The summed E-state index contributed by atoms with van der Waals surface area (Å²) in [6.45, 7) is 30.5. The van der Waals surface area contributed by atoms with Crippen molar-refractivity contribution < 1.29 is 57.0 Å². The highest BCUT2D eigenvalue weighted by Gasteiger charge is 2.47. The van der Waals surface area contributed by atoms with Gasteiger partial charge < -0.3 is 44.7 Å². The topological polar surface area (TPSA) is 225 Å². The Hall–Kier alpha value is -2.66. The first kappa shape index (κ1) is 59.3. The van der Waals surface area contributed by atoms with Crippen molar-refractivity contribution in [1.29, 1.82) is 0 Å². The Morgan fingerprint density at radius 3 is 1.21 bits per heavy atom. The molecule has 20 heteroatoms. The van der Waals surface area contributed by atoms with E-state index >= 15 is 0 Å². The van der Waals surface area contributed by atoms with Crippen molar-refractivity contribution in [3.8, 4) is 0 Å². The van der Waals surface area contributed by atoms with Gasteiger partial charge >= 0.3 is 17.9 Å². The molecule has 0 aliphatic carbocycles. The molecule has 5 N–H and O–H groups in total. The van der Waals surface area contributed by atoms with Gasteiger partial charge in [-0.1, -0.05) is 97.7 Å². The van der Waals surface area contributed by atoms with Gasteiger partial charge in [0.25, 0.3) is 0 Å². The van der Waals surface area contributed by atoms with Crippen molar-refractivity contribution in [3.63, 3.8) is 0 Å². The SMILES string of the molecule is CCCC(=O)OCC(C)(C)[C@@H](O[Si](C)(C)C(C)(C)C)C(=O)NCCC(=O)NCCSSCCNC(=O)CCNC(=O)[C@H](O[Si](C)(C)C(C)(C)C)C(C)(C)COC(=O)CCC(=O)O. The fraction of sp³-hybridized carbons (Fsp3) is 0.833.